The van der Waals surface area contributed by atoms with E-state index in [1.807, 2.05) is 0 Å². The maximum Gasteiger partial charge on any atom is 0.303 e. The number of furan rings is 1. The van der Waals surface area contributed by atoms with Gasteiger partial charge in [0.05, 0.1) is 18.2 Å². The number of rotatable bonds is 5. The minimum atomic E-state index is -1.08. The van der Waals surface area contributed by atoms with Gasteiger partial charge in [0.15, 0.2) is 6.17 Å². The zero-order valence-electron chi connectivity index (χ0n) is 12.6. The molecule has 2 heterocycles. The third-order valence-corrected chi connectivity index (χ3v) is 3.55. The minimum Gasteiger partial charge on any atom is -0.481 e. The molecule has 2 amide bonds. The predicted octanol–water partition coefficient (Wildman–Crippen LogP) is 1.74. The highest BCUT2D eigenvalue weighted by Gasteiger charge is 2.35. The van der Waals surface area contributed by atoms with Crippen LogP contribution in [-0.2, 0) is 9.59 Å². The second-order valence-corrected chi connectivity index (χ2v) is 5.21. The van der Waals surface area contributed by atoms with Gasteiger partial charge in [-0.05, 0) is 24.3 Å². The number of hydrazine groups is 1. The number of para-hydroxylation sites is 1. The molecule has 124 valence electrons. The van der Waals surface area contributed by atoms with Crippen LogP contribution in [0.2, 0.25) is 0 Å². The molecule has 8 heteroatoms. The Morgan fingerprint density at radius 3 is 2.71 bits per heavy atom. The summed E-state index contributed by atoms with van der Waals surface area (Å²) in [4.78, 5) is 35.3. The highest BCUT2D eigenvalue weighted by molar-refractivity contribution is 6.02. The summed E-state index contributed by atoms with van der Waals surface area (Å²) in [6.45, 7) is 0. The van der Waals surface area contributed by atoms with Crippen molar-refractivity contribution in [3.63, 3.8) is 0 Å². The molecule has 1 aromatic carbocycles. The van der Waals surface area contributed by atoms with Crippen molar-refractivity contribution in [2.45, 2.75) is 19.0 Å². The van der Waals surface area contributed by atoms with Crippen molar-refractivity contribution in [1.82, 2.24) is 10.4 Å². The Kier molecular flexibility index (Phi) is 4.19. The quantitative estimate of drug-likeness (QED) is 0.770. The number of hydrogen-bond donors (Lipinski definition) is 3. The number of carboxylic acids is 1. The standard InChI is InChI=1S/C16H15N3O5/c20-13(7-8-14(21)22)18-19-15(12-6-3-9-24-12)17-11-5-2-1-4-10(11)16(19)23/h1-6,9,15,17H,7-8H2,(H,18,20)(H,21,22)/t15-/m0/s1. The van der Waals surface area contributed by atoms with Gasteiger partial charge in [-0.1, -0.05) is 12.1 Å². The van der Waals surface area contributed by atoms with Gasteiger partial charge in [0.25, 0.3) is 5.91 Å². The number of hydrogen-bond acceptors (Lipinski definition) is 5. The van der Waals surface area contributed by atoms with E-state index in [1.165, 1.54) is 6.26 Å². The zero-order chi connectivity index (χ0) is 17.1. The van der Waals surface area contributed by atoms with Crippen LogP contribution in [0.5, 0.6) is 0 Å². The molecule has 8 nitrogen and oxygen atoms in total. The van der Waals surface area contributed by atoms with Gasteiger partial charge in [-0.3, -0.25) is 19.8 Å². The van der Waals surface area contributed by atoms with Crippen molar-refractivity contribution in [3.05, 3.63) is 54.0 Å². The number of nitrogens with one attached hydrogen (secondary N) is 2. The molecule has 0 saturated heterocycles. The highest BCUT2D eigenvalue weighted by Crippen LogP contribution is 2.31. The number of amides is 2. The topological polar surface area (TPSA) is 112 Å². The van der Waals surface area contributed by atoms with E-state index in [4.69, 9.17) is 9.52 Å². The van der Waals surface area contributed by atoms with Crippen molar-refractivity contribution in [3.8, 4) is 0 Å². The lowest BCUT2D eigenvalue weighted by atomic mass is 10.1. The summed E-state index contributed by atoms with van der Waals surface area (Å²) >= 11 is 0. The van der Waals surface area contributed by atoms with Gasteiger partial charge in [0, 0.05) is 12.1 Å². The number of anilines is 1. The smallest absolute Gasteiger partial charge is 0.303 e. The molecule has 1 aromatic heterocycles. The Balaban J connectivity index is 1.87. The normalized spacial score (nSPS) is 16.2. The number of fused-ring (bicyclic) bond motifs is 1. The van der Waals surface area contributed by atoms with E-state index >= 15 is 0 Å². The summed E-state index contributed by atoms with van der Waals surface area (Å²) in [7, 11) is 0. The Morgan fingerprint density at radius 2 is 2.00 bits per heavy atom. The molecule has 0 aliphatic carbocycles. The molecule has 0 bridgehead atoms. The zero-order valence-corrected chi connectivity index (χ0v) is 12.6. The summed E-state index contributed by atoms with van der Waals surface area (Å²) < 4.78 is 5.34. The first-order chi connectivity index (χ1) is 11.6. The molecule has 0 saturated carbocycles. The van der Waals surface area contributed by atoms with Gasteiger partial charge in [-0.2, -0.15) is 0 Å². The van der Waals surface area contributed by atoms with Gasteiger partial charge in [-0.25, -0.2) is 5.01 Å². The van der Waals surface area contributed by atoms with Crippen LogP contribution in [0.25, 0.3) is 0 Å². The van der Waals surface area contributed by atoms with Crippen molar-refractivity contribution in [2.24, 2.45) is 0 Å². The van der Waals surface area contributed by atoms with Crippen LogP contribution in [0, 0.1) is 0 Å². The molecule has 0 unspecified atom stereocenters. The monoisotopic (exact) mass is 329 g/mol. The molecular weight excluding hydrogens is 314 g/mol. The first-order valence-electron chi connectivity index (χ1n) is 7.30. The fourth-order valence-electron chi connectivity index (χ4n) is 2.43. The minimum absolute atomic E-state index is 0.231. The summed E-state index contributed by atoms with van der Waals surface area (Å²) in [6, 6.07) is 10.3. The maximum absolute atomic E-state index is 12.7. The molecule has 24 heavy (non-hydrogen) atoms. The van der Waals surface area contributed by atoms with Crippen molar-refractivity contribution >= 4 is 23.5 Å². The lowest BCUT2D eigenvalue weighted by Crippen LogP contribution is -2.52. The van der Waals surface area contributed by atoms with E-state index in [2.05, 4.69) is 10.7 Å². The van der Waals surface area contributed by atoms with Crippen LogP contribution < -0.4 is 10.7 Å². The van der Waals surface area contributed by atoms with E-state index < -0.39 is 23.9 Å². The van der Waals surface area contributed by atoms with Crippen LogP contribution >= 0.6 is 0 Å². The molecule has 1 atom stereocenters. The van der Waals surface area contributed by atoms with Crippen molar-refractivity contribution < 1.29 is 23.9 Å². The molecule has 1 aliphatic heterocycles. The Hall–Kier alpha value is -3.29. The number of carbonyl (C=O) groups excluding carboxylic acids is 2. The fraction of sp³-hybridized carbons (Fsp3) is 0.188. The van der Waals surface area contributed by atoms with E-state index in [1.54, 1.807) is 36.4 Å². The first-order valence-corrected chi connectivity index (χ1v) is 7.30. The largest absolute Gasteiger partial charge is 0.481 e. The van der Waals surface area contributed by atoms with Gasteiger partial charge in [0.1, 0.15) is 5.76 Å². The van der Waals surface area contributed by atoms with Crippen LogP contribution in [0.3, 0.4) is 0 Å². The maximum atomic E-state index is 12.7. The molecule has 3 rings (SSSR count). The Morgan fingerprint density at radius 1 is 1.21 bits per heavy atom. The summed E-state index contributed by atoms with van der Waals surface area (Å²) in [6.07, 6.45) is 0.192. The molecule has 0 fully saturated rings. The van der Waals surface area contributed by atoms with Gasteiger partial charge >= 0.3 is 5.97 Å². The highest BCUT2D eigenvalue weighted by atomic mass is 16.4. The SMILES string of the molecule is O=C(O)CCC(=O)NN1C(=O)c2ccccc2N[C@@H]1c1ccco1. The van der Waals surface area contributed by atoms with E-state index in [-0.39, 0.29) is 12.8 Å². The first kappa shape index (κ1) is 15.6. The van der Waals surface area contributed by atoms with Crippen LogP contribution in [0.4, 0.5) is 5.69 Å². The van der Waals surface area contributed by atoms with E-state index in [0.717, 1.165) is 5.01 Å². The predicted molar refractivity (Wildman–Crippen MR) is 82.7 cm³/mol. The molecule has 1 aliphatic rings. The molecular formula is C16H15N3O5. The van der Waals surface area contributed by atoms with Crippen molar-refractivity contribution in [2.75, 3.05) is 5.32 Å². The summed E-state index contributed by atoms with van der Waals surface area (Å²) in [5.41, 5.74) is 3.49. The molecule has 3 N–H and O–H groups in total. The lowest BCUT2D eigenvalue weighted by Gasteiger charge is -2.36. The molecule has 0 radical (unpaired) electrons. The van der Waals surface area contributed by atoms with E-state index in [9.17, 15) is 14.4 Å². The lowest BCUT2D eigenvalue weighted by molar-refractivity contribution is -0.139. The third kappa shape index (κ3) is 3.07. The number of benzene rings is 1. The Labute approximate surface area is 137 Å². The van der Waals surface area contributed by atoms with Crippen LogP contribution in [0.1, 0.15) is 35.1 Å². The third-order valence-electron chi connectivity index (χ3n) is 3.55. The van der Waals surface area contributed by atoms with Crippen LogP contribution in [-0.4, -0.2) is 27.9 Å². The van der Waals surface area contributed by atoms with Crippen LogP contribution in [0.15, 0.2) is 47.1 Å². The molecule has 2 aromatic rings. The second-order valence-electron chi connectivity index (χ2n) is 5.21. The average molecular weight is 329 g/mol. The summed E-state index contributed by atoms with van der Waals surface area (Å²) in [5.74, 6) is -1.62. The number of aliphatic carboxylic acids is 1. The fourth-order valence-corrected chi connectivity index (χ4v) is 2.43. The summed E-state index contributed by atoms with van der Waals surface area (Å²) in [5, 5.41) is 12.9. The van der Waals surface area contributed by atoms with E-state index in [0.29, 0.717) is 17.0 Å². The van der Waals surface area contributed by atoms with Gasteiger partial charge in [0.2, 0.25) is 5.91 Å². The number of carboxylic acid groups (broad SMARTS) is 1. The Bertz CT molecular complexity index is 772. The molecule has 0 spiro atoms. The second kappa shape index (κ2) is 6.45. The average Bonchev–Trinajstić information content (AvgIpc) is 3.10. The number of carbonyl (C=O) groups is 3. The van der Waals surface area contributed by atoms with Gasteiger partial charge in [-0.15, -0.1) is 0 Å². The van der Waals surface area contributed by atoms with Crippen molar-refractivity contribution in [1.29, 1.82) is 0 Å². The number of nitrogens with zero attached hydrogens (tertiary/aromatic N) is 1. The van der Waals surface area contributed by atoms with Gasteiger partial charge < -0.3 is 14.8 Å².